The number of likely N-dealkylation sites (tertiary alicyclic amines) is 1. The van der Waals surface area contributed by atoms with Crippen LogP contribution in [0.3, 0.4) is 0 Å². The Morgan fingerprint density at radius 3 is 2.93 bits per heavy atom. The molecule has 2 fully saturated rings. The summed E-state index contributed by atoms with van der Waals surface area (Å²) >= 11 is 0. The summed E-state index contributed by atoms with van der Waals surface area (Å²) in [5, 5.41) is 0. The maximum Gasteiger partial charge on any atom is 0.227 e. The fourth-order valence-corrected chi connectivity index (χ4v) is 4.52. The first-order valence-corrected chi connectivity index (χ1v) is 10.4. The highest BCUT2D eigenvalue weighted by Gasteiger charge is 2.47. The van der Waals surface area contributed by atoms with Crippen LogP contribution in [0, 0.1) is 17.0 Å². The molecule has 0 radical (unpaired) electrons. The summed E-state index contributed by atoms with van der Waals surface area (Å²) in [6.45, 7) is 2.73. The van der Waals surface area contributed by atoms with Crippen LogP contribution >= 0.6 is 0 Å². The van der Waals surface area contributed by atoms with Gasteiger partial charge in [-0.15, -0.1) is 0 Å². The van der Waals surface area contributed by atoms with E-state index < -0.39 is 11.6 Å². The van der Waals surface area contributed by atoms with E-state index in [0.29, 0.717) is 26.3 Å². The zero-order valence-electron chi connectivity index (χ0n) is 16.9. The summed E-state index contributed by atoms with van der Waals surface area (Å²) in [7, 11) is 0. The Kier molecular flexibility index (Phi) is 6.39. The SMILES string of the molecule is O=C(Cc1cccc(F)c1F)N1CC[C@H]2OCCC[C@]2(COCc2ccncc2)C1. The van der Waals surface area contributed by atoms with Crippen molar-refractivity contribution >= 4 is 5.91 Å². The van der Waals surface area contributed by atoms with Crippen molar-refractivity contribution in [3.8, 4) is 0 Å². The minimum absolute atomic E-state index is 0.0404. The number of rotatable bonds is 6. The van der Waals surface area contributed by atoms with Gasteiger partial charge in [0.15, 0.2) is 11.6 Å². The fraction of sp³-hybridized carbons (Fsp3) is 0.478. The predicted octanol–water partition coefficient (Wildman–Crippen LogP) is 3.52. The second-order valence-electron chi connectivity index (χ2n) is 8.17. The average Bonchev–Trinajstić information content (AvgIpc) is 2.77. The van der Waals surface area contributed by atoms with Gasteiger partial charge in [0.25, 0.3) is 0 Å². The van der Waals surface area contributed by atoms with Crippen molar-refractivity contribution in [2.45, 2.75) is 38.4 Å². The number of piperidine rings is 1. The highest BCUT2D eigenvalue weighted by atomic mass is 19.2. The number of carbonyl (C=O) groups is 1. The van der Waals surface area contributed by atoms with Crippen LogP contribution < -0.4 is 0 Å². The Labute approximate surface area is 175 Å². The smallest absolute Gasteiger partial charge is 0.227 e. The fourth-order valence-electron chi connectivity index (χ4n) is 4.52. The van der Waals surface area contributed by atoms with Crippen molar-refractivity contribution in [1.82, 2.24) is 9.88 Å². The first-order chi connectivity index (χ1) is 14.6. The maximum absolute atomic E-state index is 14.0. The molecule has 2 atom stereocenters. The molecule has 160 valence electrons. The van der Waals surface area contributed by atoms with Crippen LogP contribution in [-0.2, 0) is 27.3 Å². The number of aromatic nitrogens is 1. The molecule has 2 aromatic rings. The van der Waals surface area contributed by atoms with Crippen LogP contribution in [0.1, 0.15) is 30.4 Å². The molecular weight excluding hydrogens is 390 g/mol. The van der Waals surface area contributed by atoms with E-state index >= 15 is 0 Å². The van der Waals surface area contributed by atoms with Crippen LogP contribution in [0.25, 0.3) is 0 Å². The minimum atomic E-state index is -0.947. The number of halogens is 2. The quantitative estimate of drug-likeness (QED) is 0.723. The molecule has 1 aromatic carbocycles. The normalized spacial score (nSPS) is 23.8. The Balaban J connectivity index is 1.43. The number of carbonyl (C=O) groups excluding carboxylic acids is 1. The van der Waals surface area contributed by atoms with Crippen LogP contribution in [0.5, 0.6) is 0 Å². The van der Waals surface area contributed by atoms with Gasteiger partial charge in [0.2, 0.25) is 5.91 Å². The minimum Gasteiger partial charge on any atom is -0.377 e. The van der Waals surface area contributed by atoms with Crippen molar-refractivity contribution < 1.29 is 23.0 Å². The van der Waals surface area contributed by atoms with Crippen molar-refractivity contribution in [1.29, 1.82) is 0 Å². The molecule has 1 aromatic heterocycles. The summed E-state index contributed by atoms with van der Waals surface area (Å²) in [5.74, 6) is -2.07. The van der Waals surface area contributed by atoms with E-state index in [1.165, 1.54) is 12.1 Å². The number of hydrogen-bond donors (Lipinski definition) is 0. The lowest BCUT2D eigenvalue weighted by Gasteiger charge is -2.50. The van der Waals surface area contributed by atoms with Gasteiger partial charge in [-0.25, -0.2) is 8.78 Å². The molecule has 0 aliphatic carbocycles. The Bertz CT molecular complexity index is 880. The largest absolute Gasteiger partial charge is 0.377 e. The zero-order chi connectivity index (χ0) is 21.0. The predicted molar refractivity (Wildman–Crippen MR) is 107 cm³/mol. The topological polar surface area (TPSA) is 51.7 Å². The van der Waals surface area contributed by atoms with Gasteiger partial charge in [-0.05, 0) is 43.0 Å². The Morgan fingerprint density at radius 2 is 2.10 bits per heavy atom. The number of hydrogen-bond acceptors (Lipinski definition) is 4. The lowest BCUT2D eigenvalue weighted by Crippen LogP contribution is -2.58. The summed E-state index contributed by atoms with van der Waals surface area (Å²) in [6, 6.07) is 7.77. The number of ether oxygens (including phenoxy) is 2. The number of fused-ring (bicyclic) bond motifs is 1. The molecular formula is C23H26F2N2O3. The van der Waals surface area contributed by atoms with Crippen LogP contribution in [0.2, 0.25) is 0 Å². The third kappa shape index (κ3) is 4.52. The van der Waals surface area contributed by atoms with E-state index in [0.717, 1.165) is 37.5 Å². The summed E-state index contributed by atoms with van der Waals surface area (Å²) in [5.41, 5.74) is 0.852. The molecule has 1 amide bonds. The number of nitrogens with zero attached hydrogens (tertiary/aromatic N) is 2. The van der Waals surface area contributed by atoms with Crippen molar-refractivity contribution in [3.63, 3.8) is 0 Å². The third-order valence-corrected chi connectivity index (χ3v) is 6.12. The standard InChI is InChI=1S/C23H26F2N2O3/c24-19-4-1-3-18(22(19)25)13-21(28)27-11-7-20-23(15-27,8-2-12-30-20)16-29-14-17-5-9-26-10-6-17/h1,3-6,9-10,20H,2,7-8,11-16H2/t20-,23-/m1/s1. The van der Waals surface area contributed by atoms with E-state index in [1.807, 2.05) is 12.1 Å². The van der Waals surface area contributed by atoms with E-state index in [-0.39, 0.29) is 29.4 Å². The molecule has 30 heavy (non-hydrogen) atoms. The van der Waals surface area contributed by atoms with Crippen LogP contribution in [0.15, 0.2) is 42.7 Å². The Morgan fingerprint density at radius 1 is 1.27 bits per heavy atom. The molecule has 4 rings (SSSR count). The van der Waals surface area contributed by atoms with Crippen molar-refractivity contribution in [3.05, 3.63) is 65.5 Å². The highest BCUT2D eigenvalue weighted by molar-refractivity contribution is 5.79. The van der Waals surface area contributed by atoms with E-state index in [2.05, 4.69) is 4.98 Å². The summed E-state index contributed by atoms with van der Waals surface area (Å²) in [4.78, 5) is 18.7. The van der Waals surface area contributed by atoms with Gasteiger partial charge in [-0.2, -0.15) is 0 Å². The monoisotopic (exact) mass is 416 g/mol. The van der Waals surface area contributed by atoms with Crippen molar-refractivity contribution in [2.24, 2.45) is 5.41 Å². The molecule has 3 heterocycles. The molecule has 2 saturated heterocycles. The highest BCUT2D eigenvalue weighted by Crippen LogP contribution is 2.40. The van der Waals surface area contributed by atoms with E-state index in [1.54, 1.807) is 17.3 Å². The van der Waals surface area contributed by atoms with Crippen LogP contribution in [0.4, 0.5) is 8.78 Å². The van der Waals surface area contributed by atoms with Crippen LogP contribution in [-0.4, -0.2) is 48.2 Å². The van der Waals surface area contributed by atoms with Gasteiger partial charge in [0.1, 0.15) is 0 Å². The molecule has 5 nitrogen and oxygen atoms in total. The molecule has 2 aliphatic heterocycles. The van der Waals surface area contributed by atoms with E-state index in [9.17, 15) is 13.6 Å². The van der Waals surface area contributed by atoms with Gasteiger partial charge in [-0.1, -0.05) is 12.1 Å². The first kappa shape index (κ1) is 20.9. The van der Waals surface area contributed by atoms with Gasteiger partial charge in [0, 0.05) is 43.1 Å². The molecule has 0 unspecified atom stereocenters. The molecule has 2 aliphatic rings. The number of amides is 1. The zero-order valence-corrected chi connectivity index (χ0v) is 16.9. The average molecular weight is 416 g/mol. The van der Waals surface area contributed by atoms with Gasteiger partial charge in [0.05, 0.1) is 25.7 Å². The lowest BCUT2D eigenvalue weighted by atomic mass is 9.73. The molecule has 0 bridgehead atoms. The second-order valence-corrected chi connectivity index (χ2v) is 8.17. The number of benzene rings is 1. The Hall–Kier alpha value is -2.38. The van der Waals surface area contributed by atoms with Crippen molar-refractivity contribution in [2.75, 3.05) is 26.3 Å². The summed E-state index contributed by atoms with van der Waals surface area (Å²) in [6.07, 6.45) is 5.89. The first-order valence-electron chi connectivity index (χ1n) is 10.4. The van der Waals surface area contributed by atoms with Gasteiger partial charge >= 0.3 is 0 Å². The maximum atomic E-state index is 14.0. The number of pyridine rings is 1. The molecule has 0 N–H and O–H groups in total. The summed E-state index contributed by atoms with van der Waals surface area (Å²) < 4.78 is 39.6. The van der Waals surface area contributed by atoms with Gasteiger partial charge in [-0.3, -0.25) is 9.78 Å². The second kappa shape index (κ2) is 9.18. The molecule has 0 spiro atoms. The molecule has 0 saturated carbocycles. The third-order valence-electron chi connectivity index (χ3n) is 6.12. The van der Waals surface area contributed by atoms with Gasteiger partial charge < -0.3 is 14.4 Å². The lowest BCUT2D eigenvalue weighted by molar-refractivity contribution is -0.165. The van der Waals surface area contributed by atoms with E-state index in [4.69, 9.17) is 9.47 Å². The molecule has 7 heteroatoms.